The zero-order chi connectivity index (χ0) is 11.1. The van der Waals surface area contributed by atoms with E-state index in [9.17, 15) is 4.79 Å². The van der Waals surface area contributed by atoms with Gasteiger partial charge in [-0.25, -0.2) is 0 Å². The highest BCUT2D eigenvalue weighted by atomic mass is 16.1. The van der Waals surface area contributed by atoms with Gasteiger partial charge in [0.25, 0.3) is 0 Å². The van der Waals surface area contributed by atoms with Crippen molar-refractivity contribution in [2.45, 2.75) is 0 Å². The minimum Gasteiger partial charge on any atom is -0.366 e. The molecule has 3 aromatic rings. The van der Waals surface area contributed by atoms with Gasteiger partial charge in [0.2, 0.25) is 5.91 Å². The number of hydrogen-bond acceptors (Lipinski definition) is 4. The van der Waals surface area contributed by atoms with Gasteiger partial charge >= 0.3 is 0 Å². The summed E-state index contributed by atoms with van der Waals surface area (Å²) in [6, 6.07) is 5.07. The van der Waals surface area contributed by atoms with Crippen LogP contribution in [-0.4, -0.2) is 25.5 Å². The van der Waals surface area contributed by atoms with E-state index < -0.39 is 5.91 Å². The summed E-state index contributed by atoms with van der Waals surface area (Å²) in [7, 11) is 0. The molecule has 16 heavy (non-hydrogen) atoms. The lowest BCUT2D eigenvalue weighted by Crippen LogP contribution is -2.10. The Hall–Kier alpha value is -2.50. The van der Waals surface area contributed by atoms with Gasteiger partial charge in [-0.2, -0.15) is 0 Å². The predicted molar refractivity (Wildman–Crippen MR) is 56.8 cm³/mol. The van der Waals surface area contributed by atoms with Crippen molar-refractivity contribution >= 4 is 22.6 Å². The van der Waals surface area contributed by atoms with Gasteiger partial charge in [-0.1, -0.05) is 0 Å². The Bertz CT molecular complexity index is 703. The van der Waals surface area contributed by atoms with E-state index in [2.05, 4.69) is 15.2 Å². The molecule has 0 saturated heterocycles. The van der Waals surface area contributed by atoms with Gasteiger partial charge in [0.05, 0.1) is 17.2 Å². The van der Waals surface area contributed by atoms with Crippen LogP contribution in [-0.2, 0) is 0 Å². The molecule has 0 atom stereocenters. The van der Waals surface area contributed by atoms with Crippen LogP contribution in [0.5, 0.6) is 0 Å². The van der Waals surface area contributed by atoms with Crippen LogP contribution in [0, 0.1) is 0 Å². The van der Waals surface area contributed by atoms with Gasteiger partial charge in [-0.15, -0.1) is 10.2 Å². The van der Waals surface area contributed by atoms with Crippen LogP contribution in [0.25, 0.3) is 16.7 Å². The van der Waals surface area contributed by atoms with E-state index in [1.54, 1.807) is 35.1 Å². The van der Waals surface area contributed by atoms with E-state index in [0.29, 0.717) is 11.2 Å². The summed E-state index contributed by atoms with van der Waals surface area (Å²) in [6.45, 7) is 0. The largest absolute Gasteiger partial charge is 0.366 e. The van der Waals surface area contributed by atoms with Gasteiger partial charge in [0, 0.05) is 5.56 Å². The quantitative estimate of drug-likeness (QED) is 0.633. The summed E-state index contributed by atoms with van der Waals surface area (Å²) in [5.41, 5.74) is 7.82. The van der Waals surface area contributed by atoms with Crippen molar-refractivity contribution in [3.8, 4) is 0 Å². The Morgan fingerprint density at radius 1 is 1.38 bits per heavy atom. The smallest absolute Gasteiger partial charge is 0.248 e. The first-order valence-electron chi connectivity index (χ1n) is 4.64. The van der Waals surface area contributed by atoms with Crippen LogP contribution in [0.2, 0.25) is 0 Å². The predicted octanol–water partition coefficient (Wildman–Crippen LogP) is 0.376. The van der Waals surface area contributed by atoms with Crippen LogP contribution < -0.4 is 5.73 Å². The SMILES string of the molecule is NC(=O)c1ccc2ncc3nncn3c2c1. The monoisotopic (exact) mass is 213 g/mol. The second-order valence-electron chi connectivity index (χ2n) is 3.39. The summed E-state index contributed by atoms with van der Waals surface area (Å²) < 4.78 is 1.76. The average molecular weight is 213 g/mol. The van der Waals surface area contributed by atoms with Crippen molar-refractivity contribution in [3.05, 3.63) is 36.3 Å². The molecule has 0 fully saturated rings. The minimum atomic E-state index is -0.466. The number of aromatic nitrogens is 4. The Morgan fingerprint density at radius 2 is 2.25 bits per heavy atom. The van der Waals surface area contributed by atoms with Crippen molar-refractivity contribution in [1.82, 2.24) is 19.6 Å². The molecule has 0 bridgehead atoms. The molecule has 3 rings (SSSR count). The third kappa shape index (κ3) is 1.13. The highest BCUT2D eigenvalue weighted by Gasteiger charge is 2.06. The first-order chi connectivity index (χ1) is 7.75. The van der Waals surface area contributed by atoms with Crippen molar-refractivity contribution in [2.24, 2.45) is 5.73 Å². The first kappa shape index (κ1) is 8.78. The number of carbonyl (C=O) groups is 1. The zero-order valence-electron chi connectivity index (χ0n) is 8.16. The summed E-state index contributed by atoms with van der Waals surface area (Å²) in [4.78, 5) is 15.3. The maximum Gasteiger partial charge on any atom is 0.248 e. The molecule has 2 heterocycles. The summed E-state index contributed by atoms with van der Waals surface area (Å²) in [5.74, 6) is -0.466. The molecule has 1 aromatic carbocycles. The van der Waals surface area contributed by atoms with Crippen molar-refractivity contribution in [2.75, 3.05) is 0 Å². The molecule has 6 heteroatoms. The summed E-state index contributed by atoms with van der Waals surface area (Å²) >= 11 is 0. The molecule has 2 aromatic heterocycles. The highest BCUT2D eigenvalue weighted by Crippen LogP contribution is 2.14. The lowest BCUT2D eigenvalue weighted by molar-refractivity contribution is 0.100. The van der Waals surface area contributed by atoms with Crippen LogP contribution in [0.3, 0.4) is 0 Å². The lowest BCUT2D eigenvalue weighted by Gasteiger charge is -2.01. The molecule has 6 nitrogen and oxygen atoms in total. The molecule has 1 amide bonds. The maximum absolute atomic E-state index is 11.1. The molecule has 0 aliphatic carbocycles. The fourth-order valence-electron chi connectivity index (χ4n) is 1.62. The first-order valence-corrected chi connectivity index (χ1v) is 4.64. The van der Waals surface area contributed by atoms with Crippen LogP contribution in [0.15, 0.2) is 30.7 Å². The Morgan fingerprint density at radius 3 is 3.06 bits per heavy atom. The molecule has 2 N–H and O–H groups in total. The van der Waals surface area contributed by atoms with Gasteiger partial charge in [-0.3, -0.25) is 14.2 Å². The second kappa shape index (κ2) is 2.99. The number of amides is 1. The number of primary amides is 1. The summed E-state index contributed by atoms with van der Waals surface area (Å²) in [6.07, 6.45) is 3.20. The van der Waals surface area contributed by atoms with E-state index in [1.165, 1.54) is 0 Å². The third-order valence-electron chi connectivity index (χ3n) is 2.41. The molecule has 0 unspecified atom stereocenters. The maximum atomic E-state index is 11.1. The molecule has 0 spiro atoms. The molecule has 0 radical (unpaired) electrons. The highest BCUT2D eigenvalue weighted by molar-refractivity contribution is 5.96. The van der Waals surface area contributed by atoms with Crippen molar-refractivity contribution < 1.29 is 4.79 Å². The topological polar surface area (TPSA) is 86.2 Å². The standard InChI is InChI=1S/C10H7N5O/c11-10(16)6-1-2-7-8(3-6)15-5-13-14-9(15)4-12-7/h1-5H,(H2,11,16). The number of nitrogens with zero attached hydrogens (tertiary/aromatic N) is 4. The van der Waals surface area contributed by atoms with Crippen LogP contribution in [0.1, 0.15) is 10.4 Å². The number of fused-ring (bicyclic) bond motifs is 3. The Kier molecular flexibility index (Phi) is 1.64. The molecular weight excluding hydrogens is 206 g/mol. The molecule has 78 valence electrons. The number of benzene rings is 1. The van der Waals surface area contributed by atoms with Crippen molar-refractivity contribution in [3.63, 3.8) is 0 Å². The molecular formula is C10H7N5O. The Labute approximate surface area is 89.7 Å². The van der Waals surface area contributed by atoms with E-state index in [0.717, 1.165) is 11.0 Å². The summed E-state index contributed by atoms with van der Waals surface area (Å²) in [5, 5.41) is 7.66. The van der Waals surface area contributed by atoms with E-state index in [1.807, 2.05) is 0 Å². The van der Waals surface area contributed by atoms with Crippen molar-refractivity contribution in [1.29, 1.82) is 0 Å². The Balaban J connectivity index is 2.46. The fraction of sp³-hybridized carbons (Fsp3) is 0. The third-order valence-corrected chi connectivity index (χ3v) is 2.41. The van der Waals surface area contributed by atoms with Gasteiger partial charge in [0.15, 0.2) is 5.65 Å². The molecule has 0 aliphatic heterocycles. The number of rotatable bonds is 1. The van der Waals surface area contributed by atoms with E-state index in [4.69, 9.17) is 5.73 Å². The van der Waals surface area contributed by atoms with Gasteiger partial charge in [0.1, 0.15) is 6.33 Å². The lowest BCUT2D eigenvalue weighted by atomic mass is 10.2. The second-order valence-corrected chi connectivity index (χ2v) is 3.39. The number of hydrogen-bond donors (Lipinski definition) is 1. The molecule has 0 aliphatic rings. The van der Waals surface area contributed by atoms with Gasteiger partial charge < -0.3 is 5.73 Å². The number of carbonyl (C=O) groups excluding carboxylic acids is 1. The minimum absolute atomic E-state index is 0.440. The van der Waals surface area contributed by atoms with E-state index >= 15 is 0 Å². The van der Waals surface area contributed by atoms with Crippen LogP contribution >= 0.6 is 0 Å². The zero-order valence-corrected chi connectivity index (χ0v) is 8.16. The fourth-order valence-corrected chi connectivity index (χ4v) is 1.62. The van der Waals surface area contributed by atoms with Crippen LogP contribution in [0.4, 0.5) is 0 Å². The number of nitrogens with two attached hydrogens (primary N) is 1. The van der Waals surface area contributed by atoms with Gasteiger partial charge in [-0.05, 0) is 18.2 Å². The normalized spacial score (nSPS) is 11.0. The average Bonchev–Trinajstić information content (AvgIpc) is 2.76. The van der Waals surface area contributed by atoms with E-state index in [-0.39, 0.29) is 0 Å². The molecule has 0 saturated carbocycles.